The van der Waals surface area contributed by atoms with Gasteiger partial charge >= 0.3 is 6.03 Å². The third kappa shape index (κ3) is 7.90. The summed E-state index contributed by atoms with van der Waals surface area (Å²) >= 11 is 0. The van der Waals surface area contributed by atoms with Crippen LogP contribution in [0.25, 0.3) is 0 Å². The average Bonchev–Trinajstić information content (AvgIpc) is 2.12. The molecule has 0 aliphatic carbocycles. The van der Waals surface area contributed by atoms with Crippen molar-refractivity contribution in [2.24, 2.45) is 5.92 Å². The predicted octanol–water partition coefficient (Wildman–Crippen LogP) is 2.52. The normalized spacial score (nSPS) is 12.6. The van der Waals surface area contributed by atoms with Crippen LogP contribution >= 0.6 is 0 Å². The Morgan fingerprint density at radius 3 is 2.43 bits per heavy atom. The fraction of sp³-hybridized carbons (Fsp3) is 0.909. The first kappa shape index (κ1) is 13.3. The van der Waals surface area contributed by atoms with E-state index in [2.05, 4.69) is 31.4 Å². The smallest absolute Gasteiger partial charge is 0.314 e. The van der Waals surface area contributed by atoms with E-state index in [4.69, 9.17) is 0 Å². The second kappa shape index (κ2) is 7.65. The molecule has 0 aliphatic rings. The van der Waals surface area contributed by atoms with Crippen LogP contribution in [0.15, 0.2) is 0 Å². The maximum atomic E-state index is 11.2. The first-order chi connectivity index (χ1) is 6.56. The maximum Gasteiger partial charge on any atom is 0.314 e. The van der Waals surface area contributed by atoms with E-state index in [0.717, 1.165) is 25.3 Å². The number of carbonyl (C=O) groups excluding carboxylic acids is 1. The van der Waals surface area contributed by atoms with Crippen molar-refractivity contribution in [3.8, 4) is 0 Å². The number of urea groups is 1. The molecule has 0 aromatic carbocycles. The molecule has 14 heavy (non-hydrogen) atoms. The van der Waals surface area contributed by atoms with E-state index in [9.17, 15) is 4.79 Å². The Morgan fingerprint density at radius 2 is 1.93 bits per heavy atom. The van der Waals surface area contributed by atoms with Crippen molar-refractivity contribution >= 4 is 6.03 Å². The Morgan fingerprint density at radius 1 is 1.29 bits per heavy atom. The van der Waals surface area contributed by atoms with Crippen molar-refractivity contribution in [3.05, 3.63) is 0 Å². The highest BCUT2D eigenvalue weighted by atomic mass is 16.2. The van der Waals surface area contributed by atoms with Crippen LogP contribution in [-0.4, -0.2) is 18.6 Å². The Hall–Kier alpha value is -0.730. The molecule has 3 heteroatoms. The molecule has 0 saturated heterocycles. The molecular formula is C11H24N2O. The van der Waals surface area contributed by atoms with Crippen LogP contribution in [-0.2, 0) is 0 Å². The molecule has 0 aliphatic heterocycles. The van der Waals surface area contributed by atoms with Gasteiger partial charge in [-0.2, -0.15) is 0 Å². The lowest BCUT2D eigenvalue weighted by Crippen LogP contribution is -2.40. The summed E-state index contributed by atoms with van der Waals surface area (Å²) in [7, 11) is 0. The summed E-state index contributed by atoms with van der Waals surface area (Å²) in [6.45, 7) is 9.23. The van der Waals surface area contributed by atoms with Gasteiger partial charge in [0.15, 0.2) is 0 Å². The van der Waals surface area contributed by atoms with Crippen molar-refractivity contribution < 1.29 is 4.79 Å². The molecular weight excluding hydrogens is 176 g/mol. The summed E-state index contributed by atoms with van der Waals surface area (Å²) in [5.41, 5.74) is 0. The molecule has 0 radical (unpaired) electrons. The van der Waals surface area contributed by atoms with Crippen LogP contribution in [0.1, 0.15) is 47.0 Å². The van der Waals surface area contributed by atoms with Gasteiger partial charge in [0, 0.05) is 12.6 Å². The molecule has 84 valence electrons. The van der Waals surface area contributed by atoms with Gasteiger partial charge in [0.1, 0.15) is 0 Å². The Labute approximate surface area is 87.6 Å². The van der Waals surface area contributed by atoms with Gasteiger partial charge in [0.2, 0.25) is 0 Å². The second-order valence-electron chi connectivity index (χ2n) is 4.25. The maximum absolute atomic E-state index is 11.2. The molecule has 0 heterocycles. The van der Waals surface area contributed by atoms with Crippen LogP contribution in [0.2, 0.25) is 0 Å². The van der Waals surface area contributed by atoms with Crippen LogP contribution in [0.5, 0.6) is 0 Å². The lowest BCUT2D eigenvalue weighted by Gasteiger charge is -2.12. The molecule has 0 saturated carbocycles. The van der Waals surface area contributed by atoms with Crippen LogP contribution in [0.3, 0.4) is 0 Å². The van der Waals surface area contributed by atoms with E-state index in [1.54, 1.807) is 0 Å². The summed E-state index contributed by atoms with van der Waals surface area (Å²) in [4.78, 5) is 11.2. The largest absolute Gasteiger partial charge is 0.338 e. The van der Waals surface area contributed by atoms with E-state index >= 15 is 0 Å². The summed E-state index contributed by atoms with van der Waals surface area (Å²) in [6, 6.07) is 0.225. The van der Waals surface area contributed by atoms with Crippen molar-refractivity contribution in [1.82, 2.24) is 10.6 Å². The summed E-state index contributed by atoms with van der Waals surface area (Å²) in [5.74, 6) is 0.717. The minimum Gasteiger partial charge on any atom is -0.338 e. The fourth-order valence-electron chi connectivity index (χ4n) is 1.09. The number of hydrogen-bond acceptors (Lipinski definition) is 1. The van der Waals surface area contributed by atoms with Gasteiger partial charge in [-0.05, 0) is 32.1 Å². The standard InChI is InChI=1S/C11H24N2O/c1-5-10(4)13-11(14)12-8-6-7-9(2)3/h9-10H,5-8H2,1-4H3,(H2,12,13,14). The molecule has 0 rings (SSSR count). The molecule has 0 aromatic heterocycles. The summed E-state index contributed by atoms with van der Waals surface area (Å²) in [6.07, 6.45) is 3.20. The van der Waals surface area contributed by atoms with E-state index < -0.39 is 0 Å². The third-order valence-electron chi connectivity index (χ3n) is 2.23. The average molecular weight is 200 g/mol. The number of nitrogens with one attached hydrogen (secondary N) is 2. The number of amides is 2. The molecule has 1 unspecified atom stereocenters. The number of hydrogen-bond donors (Lipinski definition) is 2. The van der Waals surface area contributed by atoms with Gasteiger partial charge in [-0.25, -0.2) is 4.79 Å². The Kier molecular flexibility index (Phi) is 7.25. The highest BCUT2D eigenvalue weighted by Gasteiger charge is 2.03. The molecule has 0 fully saturated rings. The zero-order valence-electron chi connectivity index (χ0n) is 9.89. The minimum atomic E-state index is -0.0388. The highest BCUT2D eigenvalue weighted by Crippen LogP contribution is 2.01. The van der Waals surface area contributed by atoms with Crippen molar-refractivity contribution in [2.75, 3.05) is 6.54 Å². The minimum absolute atomic E-state index is 0.0388. The van der Waals surface area contributed by atoms with E-state index in [-0.39, 0.29) is 12.1 Å². The first-order valence-corrected chi connectivity index (χ1v) is 5.60. The monoisotopic (exact) mass is 200 g/mol. The lowest BCUT2D eigenvalue weighted by atomic mass is 10.1. The van der Waals surface area contributed by atoms with Gasteiger partial charge in [-0.15, -0.1) is 0 Å². The summed E-state index contributed by atoms with van der Waals surface area (Å²) < 4.78 is 0. The van der Waals surface area contributed by atoms with E-state index in [1.165, 1.54) is 6.42 Å². The van der Waals surface area contributed by atoms with Gasteiger partial charge in [-0.3, -0.25) is 0 Å². The highest BCUT2D eigenvalue weighted by molar-refractivity contribution is 5.74. The molecule has 2 amide bonds. The first-order valence-electron chi connectivity index (χ1n) is 5.60. The number of carbonyl (C=O) groups is 1. The van der Waals surface area contributed by atoms with Gasteiger partial charge in [0.05, 0.1) is 0 Å². The zero-order chi connectivity index (χ0) is 11.0. The van der Waals surface area contributed by atoms with E-state index in [0.29, 0.717) is 0 Å². The van der Waals surface area contributed by atoms with Crippen molar-refractivity contribution in [2.45, 2.75) is 53.0 Å². The predicted molar refractivity (Wildman–Crippen MR) is 60.4 cm³/mol. The Bertz CT molecular complexity index is 157. The second-order valence-corrected chi connectivity index (χ2v) is 4.25. The molecule has 1 atom stereocenters. The summed E-state index contributed by atoms with van der Waals surface area (Å²) in [5, 5.41) is 5.72. The van der Waals surface area contributed by atoms with Crippen molar-refractivity contribution in [1.29, 1.82) is 0 Å². The van der Waals surface area contributed by atoms with E-state index in [1.807, 2.05) is 6.92 Å². The topological polar surface area (TPSA) is 41.1 Å². The third-order valence-corrected chi connectivity index (χ3v) is 2.23. The molecule has 0 bridgehead atoms. The van der Waals surface area contributed by atoms with Gasteiger partial charge in [0.25, 0.3) is 0 Å². The van der Waals surface area contributed by atoms with Gasteiger partial charge in [-0.1, -0.05) is 20.8 Å². The Balaban J connectivity index is 3.36. The van der Waals surface area contributed by atoms with Crippen LogP contribution in [0.4, 0.5) is 4.79 Å². The van der Waals surface area contributed by atoms with Crippen LogP contribution in [0, 0.1) is 5.92 Å². The van der Waals surface area contributed by atoms with Crippen LogP contribution < -0.4 is 10.6 Å². The zero-order valence-corrected chi connectivity index (χ0v) is 9.89. The fourth-order valence-corrected chi connectivity index (χ4v) is 1.09. The quantitative estimate of drug-likeness (QED) is 0.636. The number of rotatable bonds is 6. The SMILES string of the molecule is CCC(C)NC(=O)NCCCC(C)C. The lowest BCUT2D eigenvalue weighted by molar-refractivity contribution is 0.237. The molecule has 3 nitrogen and oxygen atoms in total. The molecule has 0 spiro atoms. The molecule has 0 aromatic rings. The van der Waals surface area contributed by atoms with Crippen molar-refractivity contribution in [3.63, 3.8) is 0 Å². The van der Waals surface area contributed by atoms with Gasteiger partial charge < -0.3 is 10.6 Å². The molecule has 2 N–H and O–H groups in total.